The molecule has 170 valence electrons. The first kappa shape index (κ1) is 22.7. The van der Waals surface area contributed by atoms with Crippen LogP contribution in [0.25, 0.3) is 0 Å². The number of aliphatic carboxylic acids is 1. The van der Waals surface area contributed by atoms with Gasteiger partial charge in [-0.25, -0.2) is 18.4 Å². The van der Waals surface area contributed by atoms with Gasteiger partial charge in [0.05, 0.1) is 0 Å². The van der Waals surface area contributed by atoms with Crippen molar-refractivity contribution in [2.75, 3.05) is 6.54 Å². The standard InChI is InChI=1S/C21H32F2N2O5/c1-19(2,3)30-18(29)24-14(11-6-8-21(22,23)9-7-11)16(26)25-10-12-13(20(12,4)5)15(25)17(27)28/h11-15H,6-10H2,1-5H3,(H,24,29)(H,27,28)/t12?,13?,14?,15-/m0/s1. The summed E-state index contributed by atoms with van der Waals surface area (Å²) in [6.45, 7) is 9.31. The Bertz CT molecular complexity index is 723. The molecule has 4 atom stereocenters. The fraction of sp³-hybridized carbons (Fsp3) is 0.857. The van der Waals surface area contributed by atoms with Crippen molar-refractivity contribution in [3.63, 3.8) is 0 Å². The van der Waals surface area contributed by atoms with E-state index >= 15 is 0 Å². The quantitative estimate of drug-likeness (QED) is 0.714. The van der Waals surface area contributed by atoms with Crippen LogP contribution in [0.4, 0.5) is 13.6 Å². The molecular formula is C21H32F2N2O5. The van der Waals surface area contributed by atoms with Crippen LogP contribution in [0.1, 0.15) is 60.3 Å². The number of carboxylic acids is 1. The Morgan fingerprint density at radius 1 is 1.17 bits per heavy atom. The van der Waals surface area contributed by atoms with Gasteiger partial charge in [0.2, 0.25) is 11.8 Å². The third kappa shape index (κ3) is 4.39. The maximum atomic E-state index is 13.7. The molecule has 2 aliphatic carbocycles. The summed E-state index contributed by atoms with van der Waals surface area (Å²) in [5.74, 6) is -4.93. The molecule has 0 bridgehead atoms. The van der Waals surface area contributed by atoms with Crippen LogP contribution >= 0.6 is 0 Å². The maximum Gasteiger partial charge on any atom is 0.408 e. The van der Waals surface area contributed by atoms with E-state index in [4.69, 9.17) is 4.74 Å². The van der Waals surface area contributed by atoms with Gasteiger partial charge in [-0.2, -0.15) is 0 Å². The predicted octanol–water partition coefficient (Wildman–Crippen LogP) is 3.27. The Hall–Kier alpha value is -1.93. The topological polar surface area (TPSA) is 95.9 Å². The van der Waals surface area contributed by atoms with E-state index in [0.29, 0.717) is 6.54 Å². The molecule has 0 spiro atoms. The van der Waals surface area contributed by atoms with Crippen molar-refractivity contribution in [1.29, 1.82) is 0 Å². The zero-order valence-electron chi connectivity index (χ0n) is 18.2. The SMILES string of the molecule is CC(C)(C)OC(=O)NC(C(=O)N1CC2C([C@H]1C(=O)O)C2(C)C)C1CCC(F)(F)CC1. The Labute approximate surface area is 175 Å². The first-order chi connectivity index (χ1) is 13.6. The average molecular weight is 430 g/mol. The molecule has 0 aromatic heterocycles. The summed E-state index contributed by atoms with van der Waals surface area (Å²) < 4.78 is 32.6. The molecule has 2 N–H and O–H groups in total. The number of rotatable bonds is 4. The van der Waals surface area contributed by atoms with Crippen molar-refractivity contribution in [3.8, 4) is 0 Å². The van der Waals surface area contributed by atoms with Gasteiger partial charge in [-0.05, 0) is 50.9 Å². The smallest absolute Gasteiger partial charge is 0.408 e. The number of hydrogen-bond donors (Lipinski definition) is 2. The number of fused-ring (bicyclic) bond motifs is 1. The van der Waals surface area contributed by atoms with Crippen molar-refractivity contribution in [2.24, 2.45) is 23.2 Å². The maximum absolute atomic E-state index is 13.7. The largest absolute Gasteiger partial charge is 0.480 e. The Morgan fingerprint density at radius 3 is 2.23 bits per heavy atom. The normalized spacial score (nSPS) is 30.9. The number of piperidine rings is 1. The van der Waals surface area contributed by atoms with Gasteiger partial charge in [-0.3, -0.25) is 4.79 Å². The zero-order valence-corrected chi connectivity index (χ0v) is 18.2. The summed E-state index contributed by atoms with van der Waals surface area (Å²) in [5, 5.41) is 12.3. The fourth-order valence-electron chi connectivity index (χ4n) is 5.19. The Kier molecular flexibility index (Phi) is 5.56. The molecule has 2 amide bonds. The second-order valence-electron chi connectivity index (χ2n) is 10.5. The van der Waals surface area contributed by atoms with E-state index in [2.05, 4.69) is 5.32 Å². The first-order valence-electron chi connectivity index (χ1n) is 10.5. The molecule has 3 fully saturated rings. The Balaban J connectivity index is 1.80. The molecular weight excluding hydrogens is 398 g/mol. The van der Waals surface area contributed by atoms with E-state index in [1.54, 1.807) is 20.8 Å². The van der Waals surface area contributed by atoms with Gasteiger partial charge in [0.1, 0.15) is 17.7 Å². The number of nitrogens with zero attached hydrogens (tertiary/aromatic N) is 1. The second-order valence-corrected chi connectivity index (χ2v) is 10.5. The van der Waals surface area contributed by atoms with E-state index in [-0.39, 0.29) is 42.9 Å². The highest BCUT2D eigenvalue weighted by atomic mass is 19.3. The summed E-state index contributed by atoms with van der Waals surface area (Å²) in [7, 11) is 0. The van der Waals surface area contributed by atoms with E-state index < -0.39 is 47.5 Å². The number of hydrogen-bond acceptors (Lipinski definition) is 4. The third-order valence-corrected chi connectivity index (χ3v) is 6.92. The number of halogens is 2. The molecule has 1 heterocycles. The lowest BCUT2D eigenvalue weighted by molar-refractivity contribution is -0.152. The molecule has 0 aromatic rings. The van der Waals surface area contributed by atoms with E-state index in [1.807, 2.05) is 13.8 Å². The van der Waals surface area contributed by atoms with E-state index in [0.717, 1.165) is 0 Å². The lowest BCUT2D eigenvalue weighted by Gasteiger charge is -2.37. The number of alkyl carbamates (subject to hydrolysis) is 1. The van der Waals surface area contributed by atoms with E-state index in [9.17, 15) is 28.3 Å². The van der Waals surface area contributed by atoms with Crippen LogP contribution in [0.5, 0.6) is 0 Å². The molecule has 3 unspecified atom stereocenters. The molecule has 30 heavy (non-hydrogen) atoms. The highest BCUT2D eigenvalue weighted by molar-refractivity contribution is 5.91. The molecule has 3 aliphatic rings. The van der Waals surface area contributed by atoms with Gasteiger partial charge in [0.15, 0.2) is 0 Å². The number of carboxylic acid groups (broad SMARTS) is 1. The van der Waals surface area contributed by atoms with Gasteiger partial charge in [-0.15, -0.1) is 0 Å². The summed E-state index contributed by atoms with van der Waals surface area (Å²) in [6, 6.07) is -2.05. The fourth-order valence-corrected chi connectivity index (χ4v) is 5.19. The third-order valence-electron chi connectivity index (χ3n) is 6.92. The molecule has 0 radical (unpaired) electrons. The molecule has 1 aliphatic heterocycles. The van der Waals surface area contributed by atoms with Crippen LogP contribution in [-0.2, 0) is 14.3 Å². The molecule has 2 saturated carbocycles. The van der Waals surface area contributed by atoms with Crippen molar-refractivity contribution in [1.82, 2.24) is 10.2 Å². The predicted molar refractivity (Wildman–Crippen MR) is 104 cm³/mol. The zero-order chi connectivity index (χ0) is 22.6. The minimum atomic E-state index is -2.78. The highest BCUT2D eigenvalue weighted by Crippen LogP contribution is 2.65. The van der Waals surface area contributed by atoms with Gasteiger partial charge < -0.3 is 20.1 Å². The minimum absolute atomic E-state index is 0.0726. The number of carbonyl (C=O) groups excluding carboxylic acids is 2. The minimum Gasteiger partial charge on any atom is -0.480 e. The average Bonchev–Trinajstić information content (AvgIpc) is 2.93. The van der Waals surface area contributed by atoms with Gasteiger partial charge in [0.25, 0.3) is 0 Å². The summed E-state index contributed by atoms with van der Waals surface area (Å²) >= 11 is 0. The van der Waals surface area contributed by atoms with Crippen LogP contribution in [-0.4, -0.2) is 58.1 Å². The lowest BCUT2D eigenvalue weighted by atomic mass is 9.81. The van der Waals surface area contributed by atoms with E-state index in [1.165, 1.54) is 4.90 Å². The molecule has 3 rings (SSSR count). The van der Waals surface area contributed by atoms with Crippen molar-refractivity contribution in [2.45, 2.75) is 83.9 Å². The van der Waals surface area contributed by atoms with Gasteiger partial charge >= 0.3 is 12.1 Å². The number of likely N-dealkylation sites (tertiary alicyclic amines) is 1. The van der Waals surface area contributed by atoms with Gasteiger partial charge in [-0.1, -0.05) is 13.8 Å². The number of alkyl halides is 2. The van der Waals surface area contributed by atoms with Crippen LogP contribution in [0, 0.1) is 23.2 Å². The van der Waals surface area contributed by atoms with Crippen molar-refractivity contribution in [3.05, 3.63) is 0 Å². The van der Waals surface area contributed by atoms with Gasteiger partial charge in [0, 0.05) is 25.3 Å². The summed E-state index contributed by atoms with van der Waals surface area (Å²) in [4.78, 5) is 39.0. The first-order valence-corrected chi connectivity index (χ1v) is 10.5. The monoisotopic (exact) mass is 430 g/mol. The number of ether oxygens (including phenoxy) is 1. The van der Waals surface area contributed by atoms with Crippen LogP contribution in [0.3, 0.4) is 0 Å². The van der Waals surface area contributed by atoms with Crippen LogP contribution in [0.2, 0.25) is 0 Å². The summed E-state index contributed by atoms with van der Waals surface area (Å²) in [6.07, 6.45) is -1.39. The lowest BCUT2D eigenvalue weighted by Crippen LogP contribution is -2.57. The highest BCUT2D eigenvalue weighted by Gasteiger charge is 2.70. The number of nitrogens with one attached hydrogen (secondary N) is 1. The van der Waals surface area contributed by atoms with Crippen molar-refractivity contribution >= 4 is 18.0 Å². The molecule has 0 aromatic carbocycles. The number of carbonyl (C=O) groups is 3. The Morgan fingerprint density at radius 2 is 1.73 bits per heavy atom. The number of amides is 2. The molecule has 7 nitrogen and oxygen atoms in total. The summed E-state index contributed by atoms with van der Waals surface area (Å²) in [5.41, 5.74) is -0.943. The molecule has 9 heteroatoms. The van der Waals surface area contributed by atoms with Crippen molar-refractivity contribution < 1.29 is 33.0 Å². The van der Waals surface area contributed by atoms with Crippen LogP contribution < -0.4 is 5.32 Å². The molecule has 1 saturated heterocycles. The second kappa shape index (κ2) is 7.34. The van der Waals surface area contributed by atoms with Crippen LogP contribution in [0.15, 0.2) is 0 Å².